The van der Waals surface area contributed by atoms with Gasteiger partial charge in [0.25, 0.3) is 10.1 Å². The van der Waals surface area contributed by atoms with Gasteiger partial charge in [0.2, 0.25) is 11.3 Å². The first-order valence-corrected chi connectivity index (χ1v) is 11.9. The molecule has 2 aromatic carbocycles. The average Bonchev–Trinajstić information content (AvgIpc) is 2.82. The number of phenols is 1. The fourth-order valence-corrected chi connectivity index (χ4v) is 3.77. The number of ether oxygens (including phenoxy) is 1. The van der Waals surface area contributed by atoms with Crippen molar-refractivity contribution in [1.29, 1.82) is 0 Å². The summed E-state index contributed by atoms with van der Waals surface area (Å²) in [4.78, 5) is 38.2. The second kappa shape index (κ2) is 14.4. The van der Waals surface area contributed by atoms with Crippen molar-refractivity contribution in [2.45, 2.75) is 37.0 Å². The summed E-state index contributed by atoms with van der Waals surface area (Å²) in [7, 11) is -5.17. The third-order valence-corrected chi connectivity index (χ3v) is 5.95. The molecule has 0 aliphatic rings. The van der Waals surface area contributed by atoms with Gasteiger partial charge in [-0.05, 0) is 29.7 Å². The molecule has 0 saturated carbocycles. The maximum atomic E-state index is 13.1. The second-order valence-electron chi connectivity index (χ2n) is 7.63. The number of carbonyl (C=O) groups is 3. The molecule has 0 radical (unpaired) electrons. The molecule has 14 heteroatoms. The van der Waals surface area contributed by atoms with Gasteiger partial charge in [-0.1, -0.05) is 42.5 Å². The summed E-state index contributed by atoms with van der Waals surface area (Å²) in [6.07, 6.45) is -2.54. The molecule has 2 rings (SSSR count). The van der Waals surface area contributed by atoms with Gasteiger partial charge < -0.3 is 26.4 Å². The van der Waals surface area contributed by atoms with Crippen LogP contribution in [0.1, 0.15) is 17.5 Å². The maximum absolute atomic E-state index is 13.1. The first-order chi connectivity index (χ1) is 16.4. The number of hydrogen-bond acceptors (Lipinski definition) is 10. The molecule has 2 amide bonds. The molecule has 0 heterocycles. The number of imide groups is 1. The number of aromatic hydroxyl groups is 1. The van der Waals surface area contributed by atoms with Crippen LogP contribution in [0.3, 0.4) is 0 Å². The Kier molecular flexibility index (Phi) is 12.7. The van der Waals surface area contributed by atoms with Crippen molar-refractivity contribution in [2.24, 2.45) is 11.5 Å². The number of phenolic OH excluding ortho intramolecular Hbond substituents is 1. The zero-order valence-electron chi connectivity index (χ0n) is 18.6. The van der Waals surface area contributed by atoms with E-state index in [2.05, 4.69) is 0 Å². The zero-order chi connectivity index (χ0) is 26.2. The summed E-state index contributed by atoms with van der Waals surface area (Å²) < 4.78 is 38.3. The van der Waals surface area contributed by atoms with Crippen LogP contribution in [-0.4, -0.2) is 99.5 Å². The van der Waals surface area contributed by atoms with Crippen LogP contribution in [-0.2, 0) is 37.5 Å². The van der Waals surface area contributed by atoms with E-state index in [1.165, 1.54) is 24.3 Å². The van der Waals surface area contributed by atoms with Crippen LogP contribution >= 0.6 is 0 Å². The van der Waals surface area contributed by atoms with Gasteiger partial charge in [-0.15, -0.1) is 0 Å². The number of aliphatic hydroxyl groups excluding tert-OH is 1. The summed E-state index contributed by atoms with van der Waals surface area (Å²) in [5.74, 6) is -1.94. The van der Waals surface area contributed by atoms with Gasteiger partial charge in [0, 0.05) is 6.42 Å². The molecule has 2 aromatic rings. The number of aliphatic hydroxyl groups is 1. The number of nitrogens with zero attached hydrogens (tertiary/aromatic N) is 1. The molecule has 36 heavy (non-hydrogen) atoms. The van der Waals surface area contributed by atoms with Crippen molar-refractivity contribution in [3.63, 3.8) is 0 Å². The van der Waals surface area contributed by atoms with Gasteiger partial charge in [-0.3, -0.25) is 14.1 Å². The van der Waals surface area contributed by atoms with Crippen molar-refractivity contribution in [1.82, 2.24) is 4.90 Å². The molecule has 3 unspecified atom stereocenters. The van der Waals surface area contributed by atoms with Crippen molar-refractivity contribution in [3.8, 4) is 5.75 Å². The molecule has 12 nitrogen and oxygen atoms in total. The molecule has 0 aliphatic heterocycles. The number of Topliss-reactive ketones (excluding diaryl/α,β-unsaturated/α-hetero) is 1. The standard InChI is InChI=1S/C22H27N3O9S.Na.H/c23-12-19(27)17(24)11-20(28)25(22(30)34-13-15-4-2-1-3-5-15)18(21(29)35(31,32)33)10-14-6-8-16(26)9-7-14;;/h1-9,17-18,21,26,29H,10-13,23-24H2,(H,31,32,33);;. The van der Waals surface area contributed by atoms with Crippen molar-refractivity contribution >= 4 is 57.5 Å². The Morgan fingerprint density at radius 1 is 1.00 bits per heavy atom. The third-order valence-electron chi connectivity index (χ3n) is 5.03. The van der Waals surface area contributed by atoms with Gasteiger partial charge in [0.1, 0.15) is 12.4 Å². The second-order valence-corrected chi connectivity index (χ2v) is 9.14. The molecule has 0 bridgehead atoms. The Balaban J connectivity index is 0.00000648. The number of benzene rings is 2. The molecule has 3 atom stereocenters. The van der Waals surface area contributed by atoms with E-state index in [9.17, 15) is 37.6 Å². The quantitative estimate of drug-likeness (QED) is 0.179. The Morgan fingerprint density at radius 2 is 1.58 bits per heavy atom. The molecule has 0 fully saturated rings. The monoisotopic (exact) mass is 533 g/mol. The van der Waals surface area contributed by atoms with E-state index >= 15 is 0 Å². The van der Waals surface area contributed by atoms with Crippen molar-refractivity contribution in [3.05, 3.63) is 65.7 Å². The zero-order valence-corrected chi connectivity index (χ0v) is 19.4. The SMILES string of the molecule is NCC(=O)C(N)CC(=O)N(C(=O)OCc1ccccc1)C(Cc1ccc(O)cc1)C(O)S(=O)(=O)O.[NaH]. The molecular formula is C22H28N3NaO9S. The summed E-state index contributed by atoms with van der Waals surface area (Å²) in [6, 6.07) is 10.3. The molecular weight excluding hydrogens is 505 g/mol. The summed E-state index contributed by atoms with van der Waals surface area (Å²) in [6.45, 7) is -0.775. The van der Waals surface area contributed by atoms with Gasteiger partial charge in [0.05, 0.1) is 18.6 Å². The van der Waals surface area contributed by atoms with E-state index < -0.39 is 64.8 Å². The van der Waals surface area contributed by atoms with Gasteiger partial charge in [0.15, 0.2) is 5.78 Å². The normalized spacial score (nSPS) is 13.6. The Morgan fingerprint density at radius 3 is 2.11 bits per heavy atom. The summed E-state index contributed by atoms with van der Waals surface area (Å²) in [5.41, 5.74) is 9.16. The van der Waals surface area contributed by atoms with Crippen molar-refractivity contribution < 1.29 is 42.3 Å². The molecule has 0 aromatic heterocycles. The molecule has 7 N–H and O–H groups in total. The van der Waals surface area contributed by atoms with E-state index in [0.29, 0.717) is 16.0 Å². The number of nitrogens with two attached hydrogens (primary N) is 2. The van der Waals surface area contributed by atoms with Crippen LogP contribution in [0.4, 0.5) is 4.79 Å². The van der Waals surface area contributed by atoms with Crippen LogP contribution in [0.5, 0.6) is 5.75 Å². The minimum atomic E-state index is -5.17. The minimum absolute atomic E-state index is 0. The van der Waals surface area contributed by atoms with Crippen LogP contribution < -0.4 is 11.5 Å². The first kappa shape index (κ1) is 31.7. The number of hydrogen-bond donors (Lipinski definition) is 5. The van der Waals surface area contributed by atoms with E-state index in [-0.39, 0.29) is 41.9 Å². The number of amides is 2. The fourth-order valence-electron chi connectivity index (χ4n) is 3.15. The van der Waals surface area contributed by atoms with Crippen LogP contribution in [0, 0.1) is 0 Å². The van der Waals surface area contributed by atoms with Gasteiger partial charge >= 0.3 is 35.7 Å². The van der Waals surface area contributed by atoms with Crippen LogP contribution in [0.25, 0.3) is 0 Å². The predicted octanol–water partition coefficient (Wildman–Crippen LogP) is -0.728. The van der Waals surface area contributed by atoms with Gasteiger partial charge in [-0.2, -0.15) is 8.42 Å². The fraction of sp³-hybridized carbons (Fsp3) is 0.318. The molecule has 0 aliphatic carbocycles. The first-order valence-electron chi connectivity index (χ1n) is 10.4. The Hall–Kier alpha value is -2.36. The number of carbonyl (C=O) groups excluding carboxylic acids is 3. The van der Waals surface area contributed by atoms with E-state index in [0.717, 1.165) is 0 Å². The van der Waals surface area contributed by atoms with Crippen molar-refractivity contribution in [2.75, 3.05) is 6.54 Å². The van der Waals surface area contributed by atoms with E-state index in [4.69, 9.17) is 16.2 Å². The Labute approximate surface area is 230 Å². The molecule has 0 saturated heterocycles. The summed E-state index contributed by atoms with van der Waals surface area (Å²) in [5, 5.41) is 19.9. The van der Waals surface area contributed by atoms with E-state index in [1.54, 1.807) is 30.3 Å². The molecule has 192 valence electrons. The van der Waals surface area contributed by atoms with Crippen LogP contribution in [0.15, 0.2) is 54.6 Å². The Bertz CT molecular complexity index is 1130. The third kappa shape index (κ3) is 9.26. The van der Waals surface area contributed by atoms with Gasteiger partial charge in [-0.25, -0.2) is 9.69 Å². The number of ketones is 1. The summed E-state index contributed by atoms with van der Waals surface area (Å²) >= 11 is 0. The average molecular weight is 534 g/mol. The number of rotatable bonds is 11. The topological polar surface area (TPSA) is 211 Å². The van der Waals surface area contributed by atoms with E-state index in [1.807, 2.05) is 0 Å². The molecule has 0 spiro atoms. The van der Waals surface area contributed by atoms with Crippen LogP contribution in [0.2, 0.25) is 0 Å². The predicted molar refractivity (Wildman–Crippen MR) is 130 cm³/mol.